The molecule has 0 spiro atoms. The van der Waals surface area contributed by atoms with Crippen LogP contribution < -0.4 is 5.32 Å². The van der Waals surface area contributed by atoms with Crippen molar-refractivity contribution in [3.05, 3.63) is 4.91 Å². The van der Waals surface area contributed by atoms with Crippen molar-refractivity contribution in [2.24, 2.45) is 17.0 Å². The minimum Gasteiger partial charge on any atom is -0.465 e. The summed E-state index contributed by atoms with van der Waals surface area (Å²) in [6.45, 7) is 4.32. The number of hydrogen-bond donors (Lipinski definition) is 2. The highest BCUT2D eigenvalue weighted by molar-refractivity contribution is 5.79. The first-order valence-corrected chi connectivity index (χ1v) is 6.06. The molecule has 0 aromatic rings. The van der Waals surface area contributed by atoms with Crippen LogP contribution in [0.5, 0.6) is 0 Å². The molecule has 0 aromatic carbocycles. The van der Waals surface area contributed by atoms with E-state index in [0.717, 1.165) is 0 Å². The van der Waals surface area contributed by atoms with Gasteiger partial charge in [0.25, 0.3) is 0 Å². The van der Waals surface area contributed by atoms with Crippen LogP contribution in [0.1, 0.15) is 26.7 Å². The second-order valence-corrected chi connectivity index (χ2v) is 4.85. The Kier molecular flexibility index (Phi) is 5.06. The lowest BCUT2D eigenvalue weighted by molar-refractivity contribution is -0.127. The number of amides is 2. The summed E-state index contributed by atoms with van der Waals surface area (Å²) in [5.41, 5.74) is 0. The largest absolute Gasteiger partial charge is 0.465 e. The zero-order valence-corrected chi connectivity index (χ0v) is 10.6. The first-order chi connectivity index (χ1) is 8.45. The molecule has 1 rings (SSSR count). The quantitative estimate of drug-likeness (QED) is 0.740. The average molecular weight is 257 g/mol. The molecule has 0 saturated carbocycles. The molecule has 0 aromatic heterocycles. The van der Waals surface area contributed by atoms with E-state index >= 15 is 0 Å². The first kappa shape index (κ1) is 14.4. The van der Waals surface area contributed by atoms with Crippen molar-refractivity contribution in [1.29, 1.82) is 0 Å². The summed E-state index contributed by atoms with van der Waals surface area (Å²) in [7, 11) is 0. The van der Waals surface area contributed by atoms with E-state index in [0.29, 0.717) is 25.9 Å². The Balaban J connectivity index is 2.45. The SMILES string of the molecule is CC(C)C(N=O)NC(=O)C1CCN(C(=O)O)CC1. The fourth-order valence-corrected chi connectivity index (χ4v) is 1.91. The van der Waals surface area contributed by atoms with Gasteiger partial charge in [0.05, 0.1) is 0 Å². The van der Waals surface area contributed by atoms with E-state index < -0.39 is 12.3 Å². The average Bonchev–Trinajstić information content (AvgIpc) is 2.35. The molecule has 1 unspecified atom stereocenters. The van der Waals surface area contributed by atoms with Crippen LogP contribution in [0, 0.1) is 16.7 Å². The Morgan fingerprint density at radius 3 is 2.28 bits per heavy atom. The molecule has 1 aliphatic heterocycles. The van der Waals surface area contributed by atoms with Gasteiger partial charge in [0.2, 0.25) is 5.91 Å². The summed E-state index contributed by atoms with van der Waals surface area (Å²) in [5, 5.41) is 14.3. The van der Waals surface area contributed by atoms with E-state index in [1.807, 2.05) is 0 Å². The smallest absolute Gasteiger partial charge is 0.407 e. The predicted octanol–water partition coefficient (Wildman–Crippen LogP) is 1.24. The summed E-state index contributed by atoms with van der Waals surface area (Å²) >= 11 is 0. The topological polar surface area (TPSA) is 99.1 Å². The Hall–Kier alpha value is -1.66. The molecule has 102 valence electrons. The van der Waals surface area contributed by atoms with E-state index in [2.05, 4.69) is 10.5 Å². The van der Waals surface area contributed by atoms with Crippen LogP contribution in [0.4, 0.5) is 4.79 Å². The summed E-state index contributed by atoms with van der Waals surface area (Å²) in [6.07, 6.45) is -0.692. The highest BCUT2D eigenvalue weighted by Gasteiger charge is 2.29. The second kappa shape index (κ2) is 6.32. The van der Waals surface area contributed by atoms with Gasteiger partial charge in [0.1, 0.15) is 0 Å². The molecule has 0 aliphatic carbocycles. The van der Waals surface area contributed by atoms with Crippen molar-refractivity contribution in [2.75, 3.05) is 13.1 Å². The summed E-state index contributed by atoms with van der Waals surface area (Å²) in [4.78, 5) is 34.4. The fourth-order valence-electron chi connectivity index (χ4n) is 1.91. The number of hydrogen-bond acceptors (Lipinski definition) is 4. The molecule has 18 heavy (non-hydrogen) atoms. The monoisotopic (exact) mass is 257 g/mol. The van der Waals surface area contributed by atoms with Gasteiger partial charge in [-0.25, -0.2) is 4.79 Å². The molecule has 7 nitrogen and oxygen atoms in total. The van der Waals surface area contributed by atoms with Gasteiger partial charge in [0.15, 0.2) is 6.17 Å². The van der Waals surface area contributed by atoms with Crippen LogP contribution in [-0.2, 0) is 4.79 Å². The number of nitrogens with zero attached hydrogens (tertiary/aromatic N) is 2. The van der Waals surface area contributed by atoms with E-state index in [9.17, 15) is 14.5 Å². The van der Waals surface area contributed by atoms with Crippen molar-refractivity contribution in [1.82, 2.24) is 10.2 Å². The Bertz CT molecular complexity index is 324. The van der Waals surface area contributed by atoms with Crippen LogP contribution in [0.25, 0.3) is 0 Å². The van der Waals surface area contributed by atoms with Crippen LogP contribution in [0.2, 0.25) is 0 Å². The van der Waals surface area contributed by atoms with Crippen molar-refractivity contribution in [2.45, 2.75) is 32.9 Å². The van der Waals surface area contributed by atoms with Gasteiger partial charge >= 0.3 is 6.09 Å². The number of piperidine rings is 1. The second-order valence-electron chi connectivity index (χ2n) is 4.85. The molecule has 1 aliphatic rings. The third-order valence-electron chi connectivity index (χ3n) is 3.17. The highest BCUT2D eigenvalue weighted by atomic mass is 16.4. The lowest BCUT2D eigenvalue weighted by atomic mass is 9.95. The lowest BCUT2D eigenvalue weighted by Gasteiger charge is -2.29. The Morgan fingerprint density at radius 2 is 1.89 bits per heavy atom. The fraction of sp³-hybridized carbons (Fsp3) is 0.818. The maximum Gasteiger partial charge on any atom is 0.407 e. The van der Waals surface area contributed by atoms with Gasteiger partial charge in [0, 0.05) is 19.0 Å². The number of carboxylic acid groups (broad SMARTS) is 1. The van der Waals surface area contributed by atoms with E-state index in [4.69, 9.17) is 5.11 Å². The number of nitroso groups, excluding NO2 is 1. The first-order valence-electron chi connectivity index (χ1n) is 6.06. The zero-order chi connectivity index (χ0) is 13.7. The molecular formula is C11H19N3O4. The number of likely N-dealkylation sites (tertiary alicyclic amines) is 1. The maximum atomic E-state index is 11.9. The molecule has 1 heterocycles. The molecule has 1 saturated heterocycles. The van der Waals surface area contributed by atoms with Crippen LogP contribution in [0.15, 0.2) is 5.18 Å². The standard InChI is InChI=1S/C11H19N3O4/c1-7(2)9(13-18)12-10(15)8-3-5-14(6-4-8)11(16)17/h7-9H,3-6H2,1-2H3,(H,12,15)(H,16,17). The van der Waals surface area contributed by atoms with Crippen LogP contribution in [-0.4, -0.2) is 41.3 Å². The molecule has 0 radical (unpaired) electrons. The molecule has 1 atom stereocenters. The molecule has 1 fully saturated rings. The molecule has 7 heteroatoms. The van der Waals surface area contributed by atoms with E-state index in [1.54, 1.807) is 13.8 Å². The zero-order valence-electron chi connectivity index (χ0n) is 10.6. The number of carbonyl (C=O) groups is 2. The maximum absolute atomic E-state index is 11.9. The van der Waals surface area contributed by atoms with Crippen molar-refractivity contribution in [3.63, 3.8) is 0 Å². The number of rotatable bonds is 4. The van der Waals surface area contributed by atoms with Crippen LogP contribution in [0.3, 0.4) is 0 Å². The molecule has 0 bridgehead atoms. The normalized spacial score (nSPS) is 18.5. The minimum absolute atomic E-state index is 0.0504. The van der Waals surface area contributed by atoms with Gasteiger partial charge in [-0.1, -0.05) is 13.8 Å². The van der Waals surface area contributed by atoms with Crippen molar-refractivity contribution < 1.29 is 14.7 Å². The van der Waals surface area contributed by atoms with Gasteiger partial charge in [-0.2, -0.15) is 0 Å². The van der Waals surface area contributed by atoms with Gasteiger partial charge in [-0.05, 0) is 23.9 Å². The summed E-state index contributed by atoms with van der Waals surface area (Å²) in [5.74, 6) is -0.493. The van der Waals surface area contributed by atoms with Crippen molar-refractivity contribution >= 4 is 12.0 Å². The minimum atomic E-state index is -0.955. The van der Waals surface area contributed by atoms with E-state index in [-0.39, 0.29) is 17.7 Å². The van der Waals surface area contributed by atoms with Crippen LogP contribution >= 0.6 is 0 Å². The third-order valence-corrected chi connectivity index (χ3v) is 3.17. The highest BCUT2D eigenvalue weighted by Crippen LogP contribution is 2.18. The Morgan fingerprint density at radius 1 is 1.33 bits per heavy atom. The van der Waals surface area contributed by atoms with Gasteiger partial charge < -0.3 is 15.3 Å². The molecule has 2 amide bonds. The van der Waals surface area contributed by atoms with E-state index in [1.165, 1.54) is 4.90 Å². The molecular weight excluding hydrogens is 238 g/mol. The third kappa shape index (κ3) is 3.68. The Labute approximate surface area is 106 Å². The lowest BCUT2D eigenvalue weighted by Crippen LogP contribution is -2.45. The predicted molar refractivity (Wildman–Crippen MR) is 64.9 cm³/mol. The van der Waals surface area contributed by atoms with Gasteiger partial charge in [-0.15, -0.1) is 4.91 Å². The summed E-state index contributed by atoms with van der Waals surface area (Å²) in [6, 6.07) is 0. The molecule has 2 N–H and O–H groups in total. The van der Waals surface area contributed by atoms with Gasteiger partial charge in [-0.3, -0.25) is 4.79 Å². The van der Waals surface area contributed by atoms with Crippen molar-refractivity contribution in [3.8, 4) is 0 Å². The summed E-state index contributed by atoms with van der Waals surface area (Å²) < 4.78 is 0. The number of nitrogens with one attached hydrogen (secondary N) is 1. The number of carbonyl (C=O) groups excluding carboxylic acids is 1.